The van der Waals surface area contributed by atoms with Crippen LogP contribution in [0.5, 0.6) is 0 Å². The van der Waals surface area contributed by atoms with E-state index < -0.39 is 5.60 Å². The van der Waals surface area contributed by atoms with Crippen molar-refractivity contribution < 1.29 is 9.90 Å². The number of rotatable bonds is 4. The summed E-state index contributed by atoms with van der Waals surface area (Å²) in [6.45, 7) is 2.73. The smallest absolute Gasteiger partial charge is 0.226 e. The topological polar surface area (TPSA) is 75.1 Å². The van der Waals surface area contributed by atoms with E-state index in [9.17, 15) is 9.90 Å². The minimum Gasteiger partial charge on any atom is -0.390 e. The fourth-order valence-electron chi connectivity index (χ4n) is 6.54. The molecule has 1 amide bonds. The molecule has 138 valence electrons. The van der Waals surface area contributed by atoms with Crippen molar-refractivity contribution in [2.24, 2.45) is 16.7 Å². The summed E-state index contributed by atoms with van der Waals surface area (Å²) in [6, 6.07) is 5.96. The van der Waals surface area contributed by atoms with Crippen LogP contribution in [0.4, 0.5) is 0 Å². The molecule has 4 saturated carbocycles. The molecule has 2 N–H and O–H groups in total. The Hall–Kier alpha value is -1.53. The van der Waals surface area contributed by atoms with E-state index in [-0.39, 0.29) is 16.7 Å². The van der Waals surface area contributed by atoms with Crippen molar-refractivity contribution in [1.29, 1.82) is 0 Å². The molecule has 0 aliphatic heterocycles. The van der Waals surface area contributed by atoms with Gasteiger partial charge < -0.3 is 10.4 Å². The Morgan fingerprint density at radius 3 is 2.88 bits per heavy atom. The van der Waals surface area contributed by atoms with Crippen LogP contribution in [-0.2, 0) is 11.3 Å². The summed E-state index contributed by atoms with van der Waals surface area (Å²) >= 11 is 1.21. The molecule has 0 unspecified atom stereocenters. The highest BCUT2D eigenvalue weighted by Gasteiger charge is 2.64. The minimum absolute atomic E-state index is 0.134. The molecule has 4 bridgehead atoms. The zero-order valence-corrected chi connectivity index (χ0v) is 15.9. The quantitative estimate of drug-likeness (QED) is 0.863. The van der Waals surface area contributed by atoms with Crippen molar-refractivity contribution in [3.8, 4) is 0 Å². The number of nitrogens with one attached hydrogen (secondary N) is 1. The maximum atomic E-state index is 13.2. The molecule has 1 aromatic heterocycles. The van der Waals surface area contributed by atoms with Crippen molar-refractivity contribution >= 4 is 28.7 Å². The second-order valence-electron chi connectivity index (χ2n) is 9.14. The Morgan fingerprint density at radius 2 is 2.08 bits per heavy atom. The van der Waals surface area contributed by atoms with Gasteiger partial charge in [0.05, 0.1) is 22.7 Å². The van der Waals surface area contributed by atoms with Crippen molar-refractivity contribution in [3.63, 3.8) is 0 Å². The molecule has 1 heterocycles. The molecule has 4 aliphatic carbocycles. The first-order valence-corrected chi connectivity index (χ1v) is 10.4. The molecule has 0 saturated heterocycles. The lowest BCUT2D eigenvalue weighted by molar-refractivity contribution is -0.204. The fourth-order valence-corrected chi connectivity index (χ4v) is 7.06. The van der Waals surface area contributed by atoms with Crippen LogP contribution in [0.2, 0.25) is 0 Å². The molecular formula is C20H25N3O2S. The van der Waals surface area contributed by atoms with Crippen LogP contribution in [-0.4, -0.2) is 25.4 Å². The first-order chi connectivity index (χ1) is 12.4. The summed E-state index contributed by atoms with van der Waals surface area (Å²) < 4.78 is 8.50. The number of hydrogen-bond acceptors (Lipinski definition) is 5. The molecule has 4 fully saturated rings. The van der Waals surface area contributed by atoms with E-state index in [4.69, 9.17) is 0 Å². The largest absolute Gasteiger partial charge is 0.390 e. The molecule has 26 heavy (non-hydrogen) atoms. The van der Waals surface area contributed by atoms with E-state index in [1.807, 2.05) is 18.2 Å². The number of benzene rings is 1. The summed E-state index contributed by atoms with van der Waals surface area (Å²) in [5.74, 6) is 0.633. The predicted octanol–water partition coefficient (Wildman–Crippen LogP) is 3.42. The van der Waals surface area contributed by atoms with Gasteiger partial charge in [-0.25, -0.2) is 0 Å². The van der Waals surface area contributed by atoms with Crippen molar-refractivity contribution in [2.45, 2.75) is 64.0 Å². The average Bonchev–Trinajstić information content (AvgIpc) is 3.05. The lowest BCUT2D eigenvalue weighted by Gasteiger charge is -2.64. The standard InChI is InChI=1S/C20H25N3O2S/c1-2-18-6-14-7-19(10-18,12-20(25,8-14)11-18)17(24)21-9-13-3-4-15-16(5-13)23-26-22-15/h3-5,14,25H,2,6-12H2,1H3,(H,21,24)/t14-,18-,19-,20-/m1/s1. The van der Waals surface area contributed by atoms with Crippen molar-refractivity contribution in [2.75, 3.05) is 0 Å². The van der Waals surface area contributed by atoms with Crippen LogP contribution in [0.15, 0.2) is 18.2 Å². The van der Waals surface area contributed by atoms with Crippen LogP contribution < -0.4 is 5.32 Å². The van der Waals surface area contributed by atoms with Crippen LogP contribution in [0.3, 0.4) is 0 Å². The highest BCUT2D eigenvalue weighted by molar-refractivity contribution is 7.00. The average molecular weight is 372 g/mol. The molecule has 4 aliphatic rings. The highest BCUT2D eigenvalue weighted by Crippen LogP contribution is 2.67. The normalized spacial score (nSPS) is 38.0. The van der Waals surface area contributed by atoms with Crippen molar-refractivity contribution in [3.05, 3.63) is 23.8 Å². The Labute approximate surface area is 157 Å². The first-order valence-electron chi connectivity index (χ1n) is 9.65. The summed E-state index contributed by atoms with van der Waals surface area (Å²) in [5.41, 5.74) is 1.99. The van der Waals surface area contributed by atoms with E-state index >= 15 is 0 Å². The highest BCUT2D eigenvalue weighted by atomic mass is 32.1. The number of amides is 1. The first kappa shape index (κ1) is 16.6. The summed E-state index contributed by atoms with van der Waals surface area (Å²) in [4.78, 5) is 13.2. The van der Waals surface area contributed by atoms with Gasteiger partial charge in [0.15, 0.2) is 0 Å². The molecule has 1 aromatic carbocycles. The summed E-state index contributed by atoms with van der Waals surface area (Å²) in [7, 11) is 0. The van der Waals surface area contributed by atoms with Gasteiger partial charge in [0.25, 0.3) is 0 Å². The zero-order valence-electron chi connectivity index (χ0n) is 15.1. The maximum absolute atomic E-state index is 13.2. The number of nitrogens with zero attached hydrogens (tertiary/aromatic N) is 2. The lowest BCUT2D eigenvalue weighted by Crippen LogP contribution is -2.63. The van der Waals surface area contributed by atoms with Crippen molar-refractivity contribution in [1.82, 2.24) is 14.1 Å². The van der Waals surface area contributed by atoms with E-state index in [1.165, 1.54) is 18.1 Å². The van der Waals surface area contributed by atoms with E-state index in [2.05, 4.69) is 21.0 Å². The van der Waals surface area contributed by atoms with E-state index in [0.717, 1.165) is 48.7 Å². The van der Waals surface area contributed by atoms with Gasteiger partial charge in [-0.05, 0) is 67.6 Å². The number of carbonyl (C=O) groups is 1. The monoisotopic (exact) mass is 371 g/mol. The SMILES string of the molecule is CC[C@]12C[C@H]3C[C@@](O)(C1)C[C@@](C(=O)NCc1ccc4nsnc4c1)(C3)C2. The molecule has 6 rings (SSSR count). The number of carbonyl (C=O) groups excluding carboxylic acids is 1. The lowest BCUT2D eigenvalue weighted by atomic mass is 9.42. The molecule has 4 atom stereocenters. The molecule has 2 aromatic rings. The molecule has 6 heteroatoms. The third-order valence-electron chi connectivity index (χ3n) is 7.16. The Balaban J connectivity index is 1.36. The second kappa shape index (κ2) is 5.49. The third kappa shape index (κ3) is 2.49. The maximum Gasteiger partial charge on any atom is 0.226 e. The molecule has 5 nitrogen and oxygen atoms in total. The van der Waals surface area contributed by atoms with E-state index in [0.29, 0.717) is 18.9 Å². The van der Waals surface area contributed by atoms with Gasteiger partial charge in [-0.1, -0.05) is 19.4 Å². The Morgan fingerprint density at radius 1 is 1.23 bits per heavy atom. The fraction of sp³-hybridized carbons (Fsp3) is 0.650. The van der Waals surface area contributed by atoms with Gasteiger partial charge in [-0.15, -0.1) is 0 Å². The van der Waals surface area contributed by atoms with E-state index in [1.54, 1.807) is 0 Å². The zero-order chi connectivity index (χ0) is 18.0. The van der Waals surface area contributed by atoms with Crippen LogP contribution in [0.25, 0.3) is 11.0 Å². The van der Waals surface area contributed by atoms with Gasteiger partial charge in [0, 0.05) is 6.54 Å². The molecular weight excluding hydrogens is 346 g/mol. The number of aliphatic hydroxyl groups is 1. The van der Waals surface area contributed by atoms with Gasteiger partial charge >= 0.3 is 0 Å². The third-order valence-corrected chi connectivity index (χ3v) is 7.71. The van der Waals surface area contributed by atoms with Gasteiger partial charge in [0.1, 0.15) is 11.0 Å². The van der Waals surface area contributed by atoms with Crippen LogP contribution in [0.1, 0.15) is 57.4 Å². The number of fused-ring (bicyclic) bond motifs is 1. The molecule has 0 spiro atoms. The van der Waals surface area contributed by atoms with Gasteiger partial charge in [-0.2, -0.15) is 8.75 Å². The number of hydrogen-bond donors (Lipinski definition) is 2. The second-order valence-corrected chi connectivity index (χ2v) is 9.67. The predicted molar refractivity (Wildman–Crippen MR) is 101 cm³/mol. The summed E-state index contributed by atoms with van der Waals surface area (Å²) in [6.07, 6.45) is 6.54. The number of aromatic nitrogens is 2. The summed E-state index contributed by atoms with van der Waals surface area (Å²) in [5, 5.41) is 14.3. The van der Waals surface area contributed by atoms with Crippen LogP contribution in [0, 0.1) is 16.7 Å². The van der Waals surface area contributed by atoms with Crippen LogP contribution >= 0.6 is 11.7 Å². The van der Waals surface area contributed by atoms with Gasteiger partial charge in [-0.3, -0.25) is 4.79 Å². The Bertz CT molecular complexity index is 883. The molecule has 0 radical (unpaired) electrons. The minimum atomic E-state index is -0.627. The Kier molecular flexibility index (Phi) is 3.51. The van der Waals surface area contributed by atoms with Gasteiger partial charge in [0.2, 0.25) is 5.91 Å².